The fraction of sp³-hybridized carbons (Fsp3) is 0.753. The Balaban J connectivity index is 2.99. The fourth-order valence-corrected chi connectivity index (χ4v) is 11.7. The number of carbonyl (C=O) groups excluding carboxylic acids is 2. The van der Waals surface area contributed by atoms with E-state index in [-0.39, 0.29) is 47.7 Å². The molecule has 0 spiro atoms. The summed E-state index contributed by atoms with van der Waals surface area (Å²) < 4.78 is 40.6. The number of unbranched alkanes of at least 4 members (excludes halogenated alkanes) is 36. The largest absolute Gasteiger partial charge is 0.486 e. The van der Waals surface area contributed by atoms with E-state index in [0.717, 1.165) is 89.2 Å². The molecule has 0 aliphatic rings. The van der Waals surface area contributed by atoms with Crippen LogP contribution in [0, 0.1) is 0 Å². The molecule has 0 fully saturated rings. The van der Waals surface area contributed by atoms with Crippen molar-refractivity contribution in [3.05, 3.63) is 60.7 Å². The molecule has 2 aromatic rings. The number of carbonyl (C=O) groups is 3. The number of aromatic carboxylic acids is 1. The Kier molecular flexibility index (Phi) is 49.2. The molecule has 3 atom stereocenters. The summed E-state index contributed by atoms with van der Waals surface area (Å²) in [5.74, 6) is -1.59. The van der Waals surface area contributed by atoms with Crippen molar-refractivity contribution in [2.75, 3.05) is 0 Å². The normalized spacial score (nSPS) is 12.3. The Morgan fingerprint density at radius 1 is 0.356 bits per heavy atom. The number of benzene rings is 2. The second kappa shape index (κ2) is 54.5. The zero-order chi connectivity index (χ0) is 63.2. The molecule has 498 valence electrons. The zero-order valence-corrected chi connectivity index (χ0v) is 56.9. The van der Waals surface area contributed by atoms with Crippen LogP contribution in [-0.2, 0) is 16.2 Å². The van der Waals surface area contributed by atoms with Crippen molar-refractivity contribution in [1.29, 1.82) is 0 Å². The van der Waals surface area contributed by atoms with Gasteiger partial charge in [0.25, 0.3) is 0 Å². The van der Waals surface area contributed by atoms with Crippen molar-refractivity contribution in [1.82, 2.24) is 0 Å². The van der Waals surface area contributed by atoms with Gasteiger partial charge in [0.15, 0.2) is 23.0 Å². The van der Waals surface area contributed by atoms with Gasteiger partial charge in [-0.15, -0.1) is 0 Å². The monoisotopic (exact) mass is 1210 g/mol. The number of carboxylic acids is 1. The maximum atomic E-state index is 12.9. The van der Waals surface area contributed by atoms with Gasteiger partial charge in [0, 0.05) is 12.2 Å². The SMILES string of the molecule is C=CC(=O)Oc1cc(C(=O)O)cc(OC(=O)C=C)c1OCc1cc(OC(CCCCCCCC)CCCCCCCCCC)c(OC(CCCCCCCC)CCCCCCCCCC)c(OC(CCCCCCCC)CCCCCCCCCC)c1. The van der Waals surface area contributed by atoms with Crippen LogP contribution in [0.1, 0.15) is 366 Å². The lowest BCUT2D eigenvalue weighted by Crippen LogP contribution is -2.22. The molecule has 10 heteroatoms. The number of hydrogen-bond acceptors (Lipinski definition) is 9. The van der Waals surface area contributed by atoms with Crippen LogP contribution in [0.4, 0.5) is 0 Å². The molecule has 0 saturated carbocycles. The van der Waals surface area contributed by atoms with Gasteiger partial charge in [-0.3, -0.25) is 0 Å². The highest BCUT2D eigenvalue weighted by atomic mass is 16.6. The maximum Gasteiger partial charge on any atom is 0.335 e. The van der Waals surface area contributed by atoms with Crippen molar-refractivity contribution in [3.8, 4) is 34.5 Å². The topological polar surface area (TPSA) is 127 Å². The third-order valence-corrected chi connectivity index (χ3v) is 17.1. The summed E-state index contributed by atoms with van der Waals surface area (Å²) in [6.07, 6.45) is 58.9. The molecule has 0 heterocycles. The lowest BCUT2D eigenvalue weighted by Gasteiger charge is -2.28. The molecule has 87 heavy (non-hydrogen) atoms. The van der Waals surface area contributed by atoms with Crippen LogP contribution in [0.15, 0.2) is 49.6 Å². The molecule has 0 aliphatic carbocycles. The van der Waals surface area contributed by atoms with Gasteiger partial charge in [-0.1, -0.05) is 286 Å². The maximum absolute atomic E-state index is 12.9. The average molecular weight is 1220 g/mol. The molecule has 0 aliphatic heterocycles. The first kappa shape index (κ1) is 78.6. The van der Waals surface area contributed by atoms with Crippen LogP contribution in [0.2, 0.25) is 0 Å². The molecule has 0 radical (unpaired) electrons. The summed E-state index contributed by atoms with van der Waals surface area (Å²) in [7, 11) is 0. The number of carboxylic acid groups (broad SMARTS) is 1. The van der Waals surface area contributed by atoms with Gasteiger partial charge in [-0.25, -0.2) is 14.4 Å². The molecule has 1 N–H and O–H groups in total. The third kappa shape index (κ3) is 39.3. The van der Waals surface area contributed by atoms with Gasteiger partial charge in [0.1, 0.15) is 6.61 Å². The molecular formula is C77H130O10. The highest BCUT2D eigenvalue weighted by molar-refractivity contribution is 5.92. The molecule has 0 aromatic heterocycles. The quantitative estimate of drug-likeness (QED) is 0.0296. The summed E-state index contributed by atoms with van der Waals surface area (Å²) >= 11 is 0. The predicted molar refractivity (Wildman–Crippen MR) is 365 cm³/mol. The molecule has 0 bridgehead atoms. The van der Waals surface area contributed by atoms with Crippen LogP contribution in [0.5, 0.6) is 34.5 Å². The Bertz CT molecular complexity index is 1940. The number of rotatable bonds is 62. The van der Waals surface area contributed by atoms with Crippen LogP contribution in [-0.4, -0.2) is 41.3 Å². The second-order valence-electron chi connectivity index (χ2n) is 25.2. The van der Waals surface area contributed by atoms with Crippen molar-refractivity contribution in [2.45, 2.75) is 375 Å². The standard InChI is InChI=1S/C77H130O10/c1-9-17-23-29-35-38-44-49-55-66(53-47-41-32-26-20-12-4)83-69-59-64(63-82-75-71(86-73(78)15-7)61-65(77(80)81)62-72(75)87-74(79)16-8)60-70(84-67(54-48-42-33-27-21-13-5)56-50-45-39-36-30-24-18-10-2)76(69)85-68(57-51-43-34-28-22-14-6)58-52-46-40-37-31-25-19-11-3/h15-16,59-62,66-68H,7-14,17-58,63H2,1-6H3,(H,80,81). The summed E-state index contributed by atoms with van der Waals surface area (Å²) in [5, 5.41) is 10.2. The van der Waals surface area contributed by atoms with Crippen molar-refractivity contribution < 1.29 is 47.9 Å². The molecule has 10 nitrogen and oxygen atoms in total. The van der Waals surface area contributed by atoms with Crippen LogP contribution in [0.25, 0.3) is 0 Å². The minimum Gasteiger partial charge on any atom is -0.486 e. The first-order chi connectivity index (χ1) is 42.6. The summed E-state index contributed by atoms with van der Waals surface area (Å²) in [6, 6.07) is 6.47. The summed E-state index contributed by atoms with van der Waals surface area (Å²) in [4.78, 5) is 38.2. The molecular weight excluding hydrogens is 1080 g/mol. The van der Waals surface area contributed by atoms with Gasteiger partial charge in [0.05, 0.1) is 23.9 Å². The van der Waals surface area contributed by atoms with Gasteiger partial charge < -0.3 is 33.5 Å². The van der Waals surface area contributed by atoms with E-state index in [4.69, 9.17) is 28.4 Å². The average Bonchev–Trinajstić information content (AvgIpc) is 3.30. The highest BCUT2D eigenvalue weighted by Crippen LogP contribution is 2.45. The van der Waals surface area contributed by atoms with Crippen LogP contribution >= 0.6 is 0 Å². The van der Waals surface area contributed by atoms with Gasteiger partial charge in [0.2, 0.25) is 11.5 Å². The molecule has 2 aromatic carbocycles. The fourth-order valence-electron chi connectivity index (χ4n) is 11.7. The number of ether oxygens (including phenoxy) is 6. The Morgan fingerprint density at radius 2 is 0.609 bits per heavy atom. The van der Waals surface area contributed by atoms with E-state index in [1.165, 1.54) is 243 Å². The van der Waals surface area contributed by atoms with E-state index in [1.807, 2.05) is 12.1 Å². The number of esters is 2. The third-order valence-electron chi connectivity index (χ3n) is 17.1. The predicted octanol–water partition coefficient (Wildman–Crippen LogP) is 24.2. The summed E-state index contributed by atoms with van der Waals surface area (Å²) in [5.41, 5.74) is 0.445. The zero-order valence-electron chi connectivity index (χ0n) is 56.9. The highest BCUT2D eigenvalue weighted by Gasteiger charge is 2.27. The van der Waals surface area contributed by atoms with Crippen LogP contribution < -0.4 is 28.4 Å². The van der Waals surface area contributed by atoms with Crippen molar-refractivity contribution in [2.24, 2.45) is 0 Å². The second-order valence-corrected chi connectivity index (χ2v) is 25.2. The number of hydrogen-bond donors (Lipinski definition) is 1. The van der Waals surface area contributed by atoms with E-state index in [2.05, 4.69) is 54.7 Å². The Labute approximate surface area is 533 Å². The van der Waals surface area contributed by atoms with E-state index >= 15 is 0 Å². The van der Waals surface area contributed by atoms with E-state index in [1.54, 1.807) is 0 Å². The molecule has 2 rings (SSSR count). The van der Waals surface area contributed by atoms with Crippen LogP contribution in [0.3, 0.4) is 0 Å². The molecule has 0 saturated heterocycles. The van der Waals surface area contributed by atoms with E-state index in [9.17, 15) is 19.5 Å². The summed E-state index contributed by atoms with van der Waals surface area (Å²) in [6.45, 7) is 20.7. The lowest BCUT2D eigenvalue weighted by molar-refractivity contribution is -0.129. The van der Waals surface area contributed by atoms with Crippen molar-refractivity contribution >= 4 is 17.9 Å². The van der Waals surface area contributed by atoms with Gasteiger partial charge in [-0.2, -0.15) is 0 Å². The van der Waals surface area contributed by atoms with E-state index in [0.29, 0.717) is 22.8 Å². The van der Waals surface area contributed by atoms with Gasteiger partial charge in [-0.05, 0) is 107 Å². The van der Waals surface area contributed by atoms with Gasteiger partial charge >= 0.3 is 17.9 Å². The Hall–Kier alpha value is -4.47. The van der Waals surface area contributed by atoms with Crippen molar-refractivity contribution in [3.63, 3.8) is 0 Å². The lowest BCUT2D eigenvalue weighted by atomic mass is 10.0. The Morgan fingerprint density at radius 3 is 0.862 bits per heavy atom. The molecule has 3 unspecified atom stereocenters. The minimum absolute atomic E-state index is 0.0329. The smallest absolute Gasteiger partial charge is 0.335 e. The molecule has 0 amide bonds. The first-order valence-corrected chi connectivity index (χ1v) is 36.5. The van der Waals surface area contributed by atoms with E-state index < -0.39 is 17.9 Å². The first-order valence-electron chi connectivity index (χ1n) is 36.5. The minimum atomic E-state index is -1.31.